The minimum atomic E-state index is 0.136. The first-order valence-corrected chi connectivity index (χ1v) is 5.89. The van der Waals surface area contributed by atoms with Crippen molar-refractivity contribution in [3.05, 3.63) is 0 Å². The van der Waals surface area contributed by atoms with E-state index in [2.05, 4.69) is 6.92 Å². The van der Waals surface area contributed by atoms with E-state index in [1.165, 1.54) is 0 Å². The summed E-state index contributed by atoms with van der Waals surface area (Å²) in [5.74, 6) is 0.214. The summed E-state index contributed by atoms with van der Waals surface area (Å²) >= 11 is 0. The molecule has 15 heavy (non-hydrogen) atoms. The monoisotopic (exact) mass is 214 g/mol. The number of carbonyl (C=O) groups excluding carboxylic acids is 1. The summed E-state index contributed by atoms with van der Waals surface area (Å²) in [7, 11) is 0. The van der Waals surface area contributed by atoms with Crippen LogP contribution in [-0.2, 0) is 4.79 Å². The number of unbranched alkanes of at least 4 members (excludes halogenated alkanes) is 1. The van der Waals surface area contributed by atoms with Crippen LogP contribution in [0.5, 0.6) is 0 Å². The van der Waals surface area contributed by atoms with E-state index in [1.54, 1.807) is 0 Å². The van der Waals surface area contributed by atoms with Crippen molar-refractivity contribution in [2.75, 3.05) is 39.3 Å². The molecule has 1 fully saturated rings. The number of amides is 1. The summed E-state index contributed by atoms with van der Waals surface area (Å²) in [5.41, 5.74) is 0. The summed E-state index contributed by atoms with van der Waals surface area (Å²) in [6.07, 6.45) is 3.35. The van der Waals surface area contributed by atoms with Crippen LogP contribution in [0.4, 0.5) is 0 Å². The van der Waals surface area contributed by atoms with E-state index in [9.17, 15) is 4.79 Å². The fourth-order valence-corrected chi connectivity index (χ4v) is 1.65. The van der Waals surface area contributed by atoms with Crippen molar-refractivity contribution in [3.63, 3.8) is 0 Å². The van der Waals surface area contributed by atoms with Crippen molar-refractivity contribution in [1.82, 2.24) is 9.80 Å². The van der Waals surface area contributed by atoms with E-state index in [0.717, 1.165) is 38.9 Å². The van der Waals surface area contributed by atoms with Gasteiger partial charge in [-0.3, -0.25) is 9.69 Å². The lowest BCUT2D eigenvalue weighted by Crippen LogP contribution is -2.47. The van der Waals surface area contributed by atoms with Gasteiger partial charge in [-0.15, -0.1) is 0 Å². The van der Waals surface area contributed by atoms with Gasteiger partial charge < -0.3 is 10.0 Å². The number of aliphatic hydroxyl groups excluding tert-OH is 1. The van der Waals surface area contributed by atoms with Crippen molar-refractivity contribution in [2.24, 2.45) is 0 Å². The maximum absolute atomic E-state index is 11.7. The molecule has 4 heteroatoms. The molecule has 1 aliphatic heterocycles. The number of hydrogen-bond donors (Lipinski definition) is 1. The second-order valence-corrected chi connectivity index (χ2v) is 4.09. The molecule has 0 atom stereocenters. The average Bonchev–Trinajstić information content (AvgIpc) is 2.11. The quantitative estimate of drug-likeness (QED) is 0.663. The molecule has 1 heterocycles. The summed E-state index contributed by atoms with van der Waals surface area (Å²) < 4.78 is 0. The maximum Gasteiger partial charge on any atom is 0.236 e. The number of hydrogen-bond acceptors (Lipinski definition) is 3. The zero-order valence-corrected chi connectivity index (χ0v) is 9.61. The van der Waals surface area contributed by atoms with Gasteiger partial charge in [0.2, 0.25) is 5.91 Å². The Hall–Kier alpha value is -0.610. The third-order valence-corrected chi connectivity index (χ3v) is 2.81. The molecule has 0 spiro atoms. The Labute approximate surface area is 91.9 Å². The third kappa shape index (κ3) is 4.18. The molecule has 4 nitrogen and oxygen atoms in total. The van der Waals surface area contributed by atoms with Crippen molar-refractivity contribution >= 4 is 5.91 Å². The Balaban J connectivity index is 2.24. The molecule has 0 aliphatic carbocycles. The molecule has 1 saturated heterocycles. The molecule has 1 N–H and O–H groups in total. The average molecular weight is 214 g/mol. The molecule has 88 valence electrons. The molecular weight excluding hydrogens is 192 g/mol. The van der Waals surface area contributed by atoms with E-state index >= 15 is 0 Å². The van der Waals surface area contributed by atoms with Crippen molar-refractivity contribution in [3.8, 4) is 0 Å². The fraction of sp³-hybridized carbons (Fsp3) is 0.909. The van der Waals surface area contributed by atoms with Gasteiger partial charge >= 0.3 is 0 Å². The molecule has 0 bridgehead atoms. The van der Waals surface area contributed by atoms with Gasteiger partial charge in [0, 0.05) is 19.6 Å². The molecule has 0 aromatic carbocycles. The van der Waals surface area contributed by atoms with E-state index in [4.69, 9.17) is 5.11 Å². The SMILES string of the molecule is CCCCN(CCO)CC(=O)N1CCC1. The van der Waals surface area contributed by atoms with E-state index in [1.807, 2.05) is 9.80 Å². The van der Waals surface area contributed by atoms with Crippen LogP contribution in [0.1, 0.15) is 26.2 Å². The molecule has 1 aliphatic rings. The Bertz CT molecular complexity index is 193. The van der Waals surface area contributed by atoms with E-state index in [-0.39, 0.29) is 12.5 Å². The Kier molecular flexibility index (Phi) is 5.65. The smallest absolute Gasteiger partial charge is 0.236 e. The van der Waals surface area contributed by atoms with Gasteiger partial charge in [0.25, 0.3) is 0 Å². The first kappa shape index (κ1) is 12.5. The summed E-state index contributed by atoms with van der Waals surface area (Å²) in [6, 6.07) is 0. The molecule has 0 unspecified atom stereocenters. The molecule has 0 aromatic rings. The van der Waals surface area contributed by atoms with Crippen LogP contribution in [0.15, 0.2) is 0 Å². The third-order valence-electron chi connectivity index (χ3n) is 2.81. The molecule has 1 amide bonds. The highest BCUT2D eigenvalue weighted by Crippen LogP contribution is 2.07. The number of rotatable bonds is 7. The van der Waals surface area contributed by atoms with E-state index in [0.29, 0.717) is 13.1 Å². The molecule has 0 aromatic heterocycles. The van der Waals surface area contributed by atoms with E-state index < -0.39 is 0 Å². The highest BCUT2D eigenvalue weighted by Gasteiger charge is 2.21. The van der Waals surface area contributed by atoms with Gasteiger partial charge in [-0.1, -0.05) is 13.3 Å². The van der Waals surface area contributed by atoms with Crippen LogP contribution in [0.3, 0.4) is 0 Å². The molecular formula is C11H22N2O2. The number of likely N-dealkylation sites (tertiary alicyclic amines) is 1. The normalized spacial score (nSPS) is 15.5. The van der Waals surface area contributed by atoms with Crippen LogP contribution in [0, 0.1) is 0 Å². The maximum atomic E-state index is 11.7. The highest BCUT2D eigenvalue weighted by molar-refractivity contribution is 5.78. The van der Waals surface area contributed by atoms with Crippen LogP contribution < -0.4 is 0 Å². The first-order chi connectivity index (χ1) is 7.27. The second kappa shape index (κ2) is 6.80. The van der Waals surface area contributed by atoms with Crippen LogP contribution >= 0.6 is 0 Å². The molecule has 0 radical (unpaired) electrons. The predicted octanol–water partition coefficient (Wildman–Crippen LogP) is 0.313. The minimum absolute atomic E-state index is 0.136. The lowest BCUT2D eigenvalue weighted by atomic mass is 10.2. The highest BCUT2D eigenvalue weighted by atomic mass is 16.3. The summed E-state index contributed by atoms with van der Waals surface area (Å²) in [4.78, 5) is 15.6. The number of nitrogens with zero attached hydrogens (tertiary/aromatic N) is 2. The second-order valence-electron chi connectivity index (χ2n) is 4.09. The largest absolute Gasteiger partial charge is 0.395 e. The Morgan fingerprint density at radius 3 is 2.60 bits per heavy atom. The van der Waals surface area contributed by atoms with Gasteiger partial charge in [-0.25, -0.2) is 0 Å². The van der Waals surface area contributed by atoms with Gasteiger partial charge in [-0.2, -0.15) is 0 Å². The van der Waals surface area contributed by atoms with Crippen LogP contribution in [0.25, 0.3) is 0 Å². The predicted molar refractivity (Wildman–Crippen MR) is 59.6 cm³/mol. The molecule has 0 saturated carbocycles. The topological polar surface area (TPSA) is 43.8 Å². The minimum Gasteiger partial charge on any atom is -0.395 e. The van der Waals surface area contributed by atoms with Gasteiger partial charge in [0.1, 0.15) is 0 Å². The Morgan fingerprint density at radius 1 is 1.40 bits per heavy atom. The fourth-order valence-electron chi connectivity index (χ4n) is 1.65. The number of carbonyl (C=O) groups is 1. The standard InChI is InChI=1S/C11H22N2O2/c1-2-3-5-12(8-9-14)10-11(15)13-6-4-7-13/h14H,2-10H2,1H3. The van der Waals surface area contributed by atoms with Gasteiger partial charge in [0.15, 0.2) is 0 Å². The zero-order valence-electron chi connectivity index (χ0n) is 9.61. The lowest BCUT2D eigenvalue weighted by molar-refractivity contribution is -0.135. The first-order valence-electron chi connectivity index (χ1n) is 5.89. The van der Waals surface area contributed by atoms with Gasteiger partial charge in [0.05, 0.1) is 13.2 Å². The number of aliphatic hydroxyl groups is 1. The van der Waals surface area contributed by atoms with Gasteiger partial charge in [-0.05, 0) is 19.4 Å². The van der Waals surface area contributed by atoms with Crippen LogP contribution in [-0.4, -0.2) is 60.1 Å². The van der Waals surface area contributed by atoms with Crippen LogP contribution in [0.2, 0.25) is 0 Å². The van der Waals surface area contributed by atoms with Crippen molar-refractivity contribution in [2.45, 2.75) is 26.2 Å². The lowest BCUT2D eigenvalue weighted by Gasteiger charge is -2.33. The summed E-state index contributed by atoms with van der Waals surface area (Å²) in [5, 5.41) is 8.89. The van der Waals surface area contributed by atoms with Crippen molar-refractivity contribution in [1.29, 1.82) is 0 Å². The zero-order chi connectivity index (χ0) is 11.1. The molecule has 1 rings (SSSR count). The summed E-state index contributed by atoms with van der Waals surface area (Å²) in [6.45, 7) is 6.10. The Morgan fingerprint density at radius 2 is 2.13 bits per heavy atom. The van der Waals surface area contributed by atoms with Crippen molar-refractivity contribution < 1.29 is 9.90 Å².